The predicted molar refractivity (Wildman–Crippen MR) is 105 cm³/mol. The fraction of sp³-hybridized carbons (Fsp3) is 0.0952. The van der Waals surface area contributed by atoms with E-state index < -0.39 is 11.4 Å². The van der Waals surface area contributed by atoms with Crippen molar-refractivity contribution < 1.29 is 14.3 Å². The van der Waals surface area contributed by atoms with Crippen molar-refractivity contribution in [3.8, 4) is 0 Å². The molecule has 27 heavy (non-hydrogen) atoms. The van der Waals surface area contributed by atoms with E-state index in [-0.39, 0.29) is 18.1 Å². The molecule has 6 nitrogen and oxygen atoms in total. The molecule has 3 aromatic rings. The zero-order valence-corrected chi connectivity index (χ0v) is 14.7. The number of rotatable bonds is 5. The summed E-state index contributed by atoms with van der Waals surface area (Å²) in [4.78, 5) is 39.4. The molecule has 0 saturated carbocycles. The maximum atomic E-state index is 12.5. The van der Waals surface area contributed by atoms with Gasteiger partial charge in [0.15, 0.2) is 0 Å². The summed E-state index contributed by atoms with van der Waals surface area (Å²) < 4.78 is 4.89. The maximum absolute atomic E-state index is 12.5. The van der Waals surface area contributed by atoms with Crippen LogP contribution in [0.25, 0.3) is 17.0 Å². The van der Waals surface area contributed by atoms with Crippen molar-refractivity contribution in [2.45, 2.75) is 6.92 Å². The Bertz CT molecular complexity index is 1070. The van der Waals surface area contributed by atoms with Gasteiger partial charge in [-0.1, -0.05) is 30.3 Å². The molecule has 0 aliphatic rings. The summed E-state index contributed by atoms with van der Waals surface area (Å²) in [6, 6.07) is 14.3. The second-order valence-electron chi connectivity index (χ2n) is 5.75. The van der Waals surface area contributed by atoms with E-state index in [1.807, 2.05) is 30.3 Å². The highest BCUT2D eigenvalue weighted by molar-refractivity contribution is 6.03. The number of carbonyl (C=O) groups is 2. The van der Waals surface area contributed by atoms with Crippen molar-refractivity contribution in [3.05, 3.63) is 82.2 Å². The number of fused-ring (bicyclic) bond motifs is 1. The van der Waals surface area contributed by atoms with Gasteiger partial charge in [-0.15, -0.1) is 0 Å². The molecule has 0 unspecified atom stereocenters. The number of anilines is 1. The molecule has 1 heterocycles. The van der Waals surface area contributed by atoms with Gasteiger partial charge in [0.05, 0.1) is 6.61 Å². The van der Waals surface area contributed by atoms with E-state index in [2.05, 4.69) is 10.3 Å². The molecule has 2 aromatic carbocycles. The van der Waals surface area contributed by atoms with Crippen molar-refractivity contribution in [2.24, 2.45) is 0 Å². The number of H-pyrrole nitrogens is 1. The average molecular weight is 362 g/mol. The van der Waals surface area contributed by atoms with E-state index in [4.69, 9.17) is 4.74 Å². The normalized spacial score (nSPS) is 10.9. The molecular weight excluding hydrogens is 344 g/mol. The number of pyridine rings is 1. The number of nitrogens with one attached hydrogen (secondary N) is 2. The Balaban J connectivity index is 1.84. The Morgan fingerprint density at radius 1 is 1.15 bits per heavy atom. The number of hydrogen-bond donors (Lipinski definition) is 2. The lowest BCUT2D eigenvalue weighted by Crippen LogP contribution is -2.18. The molecule has 6 heteroatoms. The van der Waals surface area contributed by atoms with Crippen molar-refractivity contribution >= 4 is 34.5 Å². The quantitative estimate of drug-likeness (QED) is 0.538. The molecule has 0 aliphatic carbocycles. The van der Waals surface area contributed by atoms with Crippen molar-refractivity contribution in [1.29, 1.82) is 0 Å². The van der Waals surface area contributed by atoms with Crippen molar-refractivity contribution in [2.75, 3.05) is 11.9 Å². The van der Waals surface area contributed by atoms with Gasteiger partial charge in [0, 0.05) is 28.9 Å². The standard InChI is InChI=1S/C21H18N2O4/c1-2-27-21(26)17-13-22-18-10-9-15(12-16(18)20(17)25)23-19(24)11-8-14-6-4-3-5-7-14/h3-13H,2H2,1H3,(H,22,25)(H,23,24)/b11-8+. The van der Waals surface area contributed by atoms with E-state index in [0.717, 1.165) is 5.56 Å². The molecule has 3 rings (SSSR count). The summed E-state index contributed by atoms with van der Waals surface area (Å²) in [7, 11) is 0. The zero-order chi connectivity index (χ0) is 19.2. The number of amides is 1. The fourth-order valence-electron chi connectivity index (χ4n) is 2.58. The zero-order valence-electron chi connectivity index (χ0n) is 14.7. The Morgan fingerprint density at radius 3 is 2.67 bits per heavy atom. The number of benzene rings is 2. The molecule has 0 radical (unpaired) electrons. The van der Waals surface area contributed by atoms with Crippen LogP contribution in [0.2, 0.25) is 0 Å². The highest BCUT2D eigenvalue weighted by Crippen LogP contribution is 2.16. The monoisotopic (exact) mass is 362 g/mol. The van der Waals surface area contributed by atoms with Gasteiger partial charge in [-0.25, -0.2) is 4.79 Å². The summed E-state index contributed by atoms with van der Waals surface area (Å²) >= 11 is 0. The van der Waals surface area contributed by atoms with Gasteiger partial charge in [0.1, 0.15) is 5.56 Å². The number of aromatic nitrogens is 1. The number of esters is 1. The van der Waals surface area contributed by atoms with Gasteiger partial charge in [-0.2, -0.15) is 0 Å². The van der Waals surface area contributed by atoms with Gasteiger partial charge >= 0.3 is 5.97 Å². The van der Waals surface area contributed by atoms with Gasteiger partial charge < -0.3 is 15.0 Å². The molecule has 0 aliphatic heterocycles. The summed E-state index contributed by atoms with van der Waals surface area (Å²) in [5, 5.41) is 3.01. The molecule has 1 aromatic heterocycles. The van der Waals surface area contributed by atoms with Gasteiger partial charge in [-0.3, -0.25) is 9.59 Å². The first-order chi connectivity index (χ1) is 13.1. The van der Waals surface area contributed by atoms with Crippen LogP contribution in [0.1, 0.15) is 22.8 Å². The molecule has 0 saturated heterocycles. The van der Waals surface area contributed by atoms with Crippen LogP contribution >= 0.6 is 0 Å². The smallest absolute Gasteiger partial charge is 0.343 e. The van der Waals surface area contributed by atoms with E-state index in [1.165, 1.54) is 18.3 Å². The van der Waals surface area contributed by atoms with Crippen LogP contribution in [0.3, 0.4) is 0 Å². The Hall–Kier alpha value is -3.67. The first-order valence-corrected chi connectivity index (χ1v) is 8.45. The van der Waals surface area contributed by atoms with Crippen molar-refractivity contribution in [1.82, 2.24) is 4.98 Å². The average Bonchev–Trinajstić information content (AvgIpc) is 2.68. The van der Waals surface area contributed by atoms with E-state index in [0.29, 0.717) is 16.6 Å². The number of carbonyl (C=O) groups excluding carboxylic acids is 2. The van der Waals surface area contributed by atoms with Crippen molar-refractivity contribution in [3.63, 3.8) is 0 Å². The first-order valence-electron chi connectivity index (χ1n) is 8.45. The third kappa shape index (κ3) is 4.30. The van der Waals surface area contributed by atoms with Crippen LogP contribution in [0.5, 0.6) is 0 Å². The van der Waals surface area contributed by atoms with Crippen LogP contribution in [0.4, 0.5) is 5.69 Å². The lowest BCUT2D eigenvalue weighted by atomic mass is 10.1. The van der Waals surface area contributed by atoms with Crippen LogP contribution < -0.4 is 10.7 Å². The summed E-state index contributed by atoms with van der Waals surface area (Å²) in [6.07, 6.45) is 4.45. The minimum absolute atomic E-state index is 0.0724. The topological polar surface area (TPSA) is 88.3 Å². The Kier molecular flexibility index (Phi) is 5.47. The van der Waals surface area contributed by atoms with Gasteiger partial charge in [0.2, 0.25) is 11.3 Å². The van der Waals surface area contributed by atoms with Crippen LogP contribution in [-0.4, -0.2) is 23.5 Å². The minimum atomic E-state index is -0.680. The Labute approximate surface area is 155 Å². The molecule has 136 valence electrons. The highest BCUT2D eigenvalue weighted by atomic mass is 16.5. The lowest BCUT2D eigenvalue weighted by molar-refractivity contribution is -0.111. The lowest BCUT2D eigenvalue weighted by Gasteiger charge is -2.06. The third-order valence-electron chi connectivity index (χ3n) is 3.87. The summed E-state index contributed by atoms with van der Waals surface area (Å²) in [5.41, 5.74) is 1.40. The molecule has 2 N–H and O–H groups in total. The summed E-state index contributed by atoms with van der Waals surface area (Å²) in [6.45, 7) is 1.85. The molecular formula is C21H18N2O4. The Morgan fingerprint density at radius 2 is 1.93 bits per heavy atom. The second kappa shape index (κ2) is 8.14. The van der Waals surface area contributed by atoms with E-state index >= 15 is 0 Å². The third-order valence-corrected chi connectivity index (χ3v) is 3.87. The molecule has 0 spiro atoms. The number of aromatic amines is 1. The van der Waals surface area contributed by atoms with Gasteiger partial charge in [-0.05, 0) is 36.8 Å². The fourth-order valence-corrected chi connectivity index (χ4v) is 2.58. The number of ether oxygens (including phenoxy) is 1. The molecule has 0 fully saturated rings. The van der Waals surface area contributed by atoms with Crippen LogP contribution in [-0.2, 0) is 9.53 Å². The van der Waals surface area contributed by atoms with Crippen LogP contribution in [0, 0.1) is 0 Å². The first kappa shape index (κ1) is 18.1. The molecule has 0 atom stereocenters. The molecule has 0 bridgehead atoms. The SMILES string of the molecule is CCOC(=O)c1c[nH]c2ccc(NC(=O)/C=C/c3ccccc3)cc2c1=O. The second-order valence-corrected chi connectivity index (χ2v) is 5.75. The maximum Gasteiger partial charge on any atom is 0.343 e. The number of hydrogen-bond acceptors (Lipinski definition) is 4. The molecule has 1 amide bonds. The van der Waals surface area contributed by atoms with E-state index in [9.17, 15) is 14.4 Å². The highest BCUT2D eigenvalue weighted by Gasteiger charge is 2.14. The van der Waals surface area contributed by atoms with Crippen LogP contribution in [0.15, 0.2) is 65.6 Å². The minimum Gasteiger partial charge on any atom is -0.462 e. The predicted octanol–water partition coefficient (Wildman–Crippen LogP) is 3.36. The van der Waals surface area contributed by atoms with E-state index in [1.54, 1.807) is 25.1 Å². The van der Waals surface area contributed by atoms with Gasteiger partial charge in [0.25, 0.3) is 0 Å². The summed E-state index contributed by atoms with van der Waals surface area (Å²) in [5.74, 6) is -1.00. The largest absolute Gasteiger partial charge is 0.462 e.